The fourth-order valence-corrected chi connectivity index (χ4v) is 1.02. The average molecular weight is 216 g/mol. The molecule has 0 heterocycles. The Kier molecular flexibility index (Phi) is 3.14. The zero-order valence-corrected chi connectivity index (χ0v) is 7.45. The van der Waals surface area contributed by atoms with Crippen LogP contribution in [-0.4, -0.2) is 11.4 Å². The van der Waals surface area contributed by atoms with Crippen molar-refractivity contribution in [1.29, 1.82) is 0 Å². The molecule has 15 heavy (non-hydrogen) atoms. The minimum atomic E-state index is -4.40. The molecular formula is C10H7F3O2. The van der Waals surface area contributed by atoms with Gasteiger partial charge in [-0.1, -0.05) is 12.1 Å². The highest BCUT2D eigenvalue weighted by atomic mass is 19.4. The first-order chi connectivity index (χ1) is 6.99. The average Bonchev–Trinajstić information content (AvgIpc) is 2.19. The van der Waals surface area contributed by atoms with Crippen LogP contribution in [0.5, 0.6) is 0 Å². The van der Waals surface area contributed by atoms with Gasteiger partial charge in [-0.3, -0.25) is 4.79 Å². The zero-order chi connectivity index (χ0) is 11.5. The van der Waals surface area contributed by atoms with Crippen molar-refractivity contribution < 1.29 is 23.1 Å². The van der Waals surface area contributed by atoms with Crippen LogP contribution in [0.15, 0.2) is 30.5 Å². The van der Waals surface area contributed by atoms with E-state index in [1.165, 1.54) is 0 Å². The largest absolute Gasteiger partial charge is 0.515 e. The van der Waals surface area contributed by atoms with Crippen LogP contribution in [-0.2, 0) is 11.0 Å². The van der Waals surface area contributed by atoms with Crippen LogP contribution in [0.2, 0.25) is 0 Å². The first-order valence-electron chi connectivity index (χ1n) is 3.96. The van der Waals surface area contributed by atoms with Crippen molar-refractivity contribution in [2.75, 3.05) is 0 Å². The Balaban J connectivity index is 3.05. The summed E-state index contributed by atoms with van der Waals surface area (Å²) < 4.78 is 36.5. The van der Waals surface area contributed by atoms with E-state index in [-0.39, 0.29) is 11.1 Å². The fraction of sp³-hybridized carbons (Fsp3) is 0.100. The standard InChI is InChI=1S/C10H7F3O2/c11-10(12,13)9-3-1-7(2-4-9)8(5-14)6-15/h1-6,14H/b8-5+. The Morgan fingerprint density at radius 3 is 2.07 bits per heavy atom. The summed E-state index contributed by atoms with van der Waals surface area (Å²) >= 11 is 0. The number of benzene rings is 1. The molecule has 0 aromatic heterocycles. The van der Waals surface area contributed by atoms with Gasteiger partial charge >= 0.3 is 6.18 Å². The number of rotatable bonds is 2. The molecule has 0 aliphatic carbocycles. The smallest absolute Gasteiger partial charge is 0.416 e. The summed E-state index contributed by atoms with van der Waals surface area (Å²) in [6, 6.07) is 3.95. The number of hydrogen-bond acceptors (Lipinski definition) is 2. The number of alkyl halides is 3. The van der Waals surface area contributed by atoms with Gasteiger partial charge in [0.25, 0.3) is 0 Å². The molecule has 0 aliphatic rings. The normalized spacial score (nSPS) is 12.6. The summed E-state index contributed by atoms with van der Waals surface area (Å²) in [4.78, 5) is 10.4. The molecule has 0 fully saturated rings. The lowest BCUT2D eigenvalue weighted by molar-refractivity contribution is -0.137. The van der Waals surface area contributed by atoms with E-state index in [1.807, 2.05) is 0 Å². The van der Waals surface area contributed by atoms with Crippen molar-refractivity contribution in [3.8, 4) is 0 Å². The monoisotopic (exact) mass is 216 g/mol. The molecule has 0 unspecified atom stereocenters. The summed E-state index contributed by atoms with van der Waals surface area (Å²) in [6.07, 6.45) is -3.49. The van der Waals surface area contributed by atoms with Gasteiger partial charge in [0.2, 0.25) is 0 Å². The third kappa shape index (κ3) is 2.59. The molecule has 1 rings (SSSR count). The summed E-state index contributed by atoms with van der Waals surface area (Å²) in [5, 5.41) is 8.59. The van der Waals surface area contributed by atoms with Gasteiger partial charge in [0.15, 0.2) is 6.29 Å². The number of aliphatic hydroxyl groups is 1. The lowest BCUT2D eigenvalue weighted by atomic mass is 10.1. The maximum Gasteiger partial charge on any atom is 0.416 e. The molecule has 2 nitrogen and oxygen atoms in total. The van der Waals surface area contributed by atoms with E-state index in [2.05, 4.69) is 0 Å². The van der Waals surface area contributed by atoms with E-state index in [1.54, 1.807) is 0 Å². The number of aliphatic hydroxyl groups excluding tert-OH is 1. The molecule has 5 heteroatoms. The third-order valence-corrected chi connectivity index (χ3v) is 1.81. The number of carbonyl (C=O) groups is 1. The number of halogens is 3. The molecule has 0 bridgehead atoms. The van der Waals surface area contributed by atoms with Gasteiger partial charge < -0.3 is 5.11 Å². The van der Waals surface area contributed by atoms with E-state index >= 15 is 0 Å². The molecule has 1 N–H and O–H groups in total. The van der Waals surface area contributed by atoms with Gasteiger partial charge in [0.05, 0.1) is 17.4 Å². The Labute approximate surface area is 83.7 Å². The summed E-state index contributed by atoms with van der Waals surface area (Å²) in [7, 11) is 0. The predicted molar refractivity (Wildman–Crippen MR) is 48.1 cm³/mol. The van der Waals surface area contributed by atoms with Gasteiger partial charge in [-0.2, -0.15) is 13.2 Å². The first-order valence-corrected chi connectivity index (χ1v) is 3.96. The number of allylic oxidation sites excluding steroid dienone is 1. The van der Waals surface area contributed by atoms with E-state index < -0.39 is 11.7 Å². The van der Waals surface area contributed by atoms with Gasteiger partial charge in [-0.15, -0.1) is 0 Å². The van der Waals surface area contributed by atoms with Gasteiger partial charge in [0, 0.05) is 0 Å². The number of carbonyl (C=O) groups excluding carboxylic acids is 1. The van der Waals surface area contributed by atoms with Crippen LogP contribution < -0.4 is 0 Å². The third-order valence-electron chi connectivity index (χ3n) is 1.81. The van der Waals surface area contributed by atoms with Gasteiger partial charge in [-0.05, 0) is 17.7 Å². The Bertz CT molecular complexity index is 377. The molecule has 0 saturated heterocycles. The van der Waals surface area contributed by atoms with Crippen LogP contribution >= 0.6 is 0 Å². The van der Waals surface area contributed by atoms with Crippen molar-refractivity contribution in [1.82, 2.24) is 0 Å². The number of aldehydes is 1. The molecule has 0 aliphatic heterocycles. The molecule has 1 aromatic carbocycles. The Morgan fingerprint density at radius 1 is 1.20 bits per heavy atom. The SMILES string of the molecule is O=C/C(=C\O)c1ccc(C(F)(F)F)cc1. The van der Waals surface area contributed by atoms with Crippen molar-refractivity contribution in [3.05, 3.63) is 41.7 Å². The van der Waals surface area contributed by atoms with Gasteiger partial charge in [-0.25, -0.2) is 0 Å². The summed E-state index contributed by atoms with van der Waals surface area (Å²) in [6.45, 7) is 0. The maximum absolute atomic E-state index is 12.2. The summed E-state index contributed by atoms with van der Waals surface area (Å²) in [5.41, 5.74) is -0.626. The maximum atomic E-state index is 12.2. The van der Waals surface area contributed by atoms with Crippen LogP contribution in [0.25, 0.3) is 5.57 Å². The molecule has 0 amide bonds. The highest BCUT2D eigenvalue weighted by Gasteiger charge is 2.29. The van der Waals surface area contributed by atoms with Gasteiger partial charge in [0.1, 0.15) is 0 Å². The van der Waals surface area contributed by atoms with Crippen molar-refractivity contribution >= 4 is 11.9 Å². The minimum absolute atomic E-state index is 0.0660. The molecule has 0 spiro atoms. The molecule has 0 atom stereocenters. The fourth-order valence-electron chi connectivity index (χ4n) is 1.02. The Hall–Kier alpha value is -1.78. The highest BCUT2D eigenvalue weighted by Crippen LogP contribution is 2.29. The van der Waals surface area contributed by atoms with E-state index in [0.717, 1.165) is 24.3 Å². The predicted octanol–water partition coefficient (Wildman–Crippen LogP) is 2.80. The van der Waals surface area contributed by atoms with E-state index in [0.29, 0.717) is 12.5 Å². The Morgan fingerprint density at radius 2 is 1.73 bits per heavy atom. The van der Waals surface area contributed by atoms with Crippen LogP contribution in [0, 0.1) is 0 Å². The first kappa shape index (κ1) is 11.3. The minimum Gasteiger partial charge on any atom is -0.515 e. The van der Waals surface area contributed by atoms with E-state index in [4.69, 9.17) is 5.11 Å². The van der Waals surface area contributed by atoms with Crippen molar-refractivity contribution in [3.63, 3.8) is 0 Å². The van der Waals surface area contributed by atoms with Crippen LogP contribution in [0.1, 0.15) is 11.1 Å². The van der Waals surface area contributed by atoms with Crippen LogP contribution in [0.4, 0.5) is 13.2 Å². The second-order valence-corrected chi connectivity index (χ2v) is 2.78. The molecule has 0 saturated carbocycles. The molecule has 0 radical (unpaired) electrons. The molecular weight excluding hydrogens is 209 g/mol. The zero-order valence-electron chi connectivity index (χ0n) is 7.45. The van der Waals surface area contributed by atoms with E-state index in [9.17, 15) is 18.0 Å². The van der Waals surface area contributed by atoms with Crippen molar-refractivity contribution in [2.45, 2.75) is 6.18 Å². The van der Waals surface area contributed by atoms with Crippen LogP contribution in [0.3, 0.4) is 0 Å². The second-order valence-electron chi connectivity index (χ2n) is 2.78. The summed E-state index contributed by atoms with van der Waals surface area (Å²) in [5.74, 6) is 0. The second kappa shape index (κ2) is 4.16. The molecule has 1 aromatic rings. The quantitative estimate of drug-likeness (QED) is 0.469. The lowest BCUT2D eigenvalue weighted by Gasteiger charge is -2.06. The highest BCUT2D eigenvalue weighted by molar-refractivity contribution is 6.06. The lowest BCUT2D eigenvalue weighted by Crippen LogP contribution is -2.04. The number of hydrogen-bond donors (Lipinski definition) is 1. The van der Waals surface area contributed by atoms with Crippen molar-refractivity contribution in [2.24, 2.45) is 0 Å². The molecule has 80 valence electrons. The topological polar surface area (TPSA) is 37.3 Å².